The number of carboxylic acid groups (broad SMARTS) is 1. The van der Waals surface area contributed by atoms with Crippen molar-refractivity contribution in [1.29, 1.82) is 0 Å². The van der Waals surface area contributed by atoms with Crippen LogP contribution in [0.15, 0.2) is 41.3 Å². The third-order valence-corrected chi connectivity index (χ3v) is 2.44. The highest BCUT2D eigenvalue weighted by Crippen LogP contribution is 2.15. The zero-order valence-electron chi connectivity index (χ0n) is 9.87. The van der Waals surface area contributed by atoms with Gasteiger partial charge in [-0.15, -0.1) is 6.58 Å². The summed E-state index contributed by atoms with van der Waals surface area (Å²) in [4.78, 5) is 16.7. The summed E-state index contributed by atoms with van der Waals surface area (Å²) in [7, 11) is 0. The van der Waals surface area contributed by atoms with Crippen molar-refractivity contribution in [2.75, 3.05) is 13.1 Å². The standard InChI is InChI=1S/C13H14N2O3/c1-2-7-15(9-13(16)17)8-12-14-10-5-3-4-6-11(10)18-12/h2-6H,1,7-9H2,(H,16,17). The molecule has 0 bridgehead atoms. The minimum absolute atomic E-state index is 0.0647. The van der Waals surface area contributed by atoms with Gasteiger partial charge < -0.3 is 9.52 Å². The van der Waals surface area contributed by atoms with E-state index in [1.54, 1.807) is 11.0 Å². The number of nitrogens with zero attached hydrogens (tertiary/aromatic N) is 2. The van der Waals surface area contributed by atoms with E-state index in [9.17, 15) is 4.79 Å². The fraction of sp³-hybridized carbons (Fsp3) is 0.231. The van der Waals surface area contributed by atoms with Gasteiger partial charge in [-0.05, 0) is 12.1 Å². The maximum absolute atomic E-state index is 10.7. The lowest BCUT2D eigenvalue weighted by Gasteiger charge is -2.15. The molecule has 2 rings (SSSR count). The Morgan fingerprint density at radius 3 is 2.94 bits per heavy atom. The van der Waals surface area contributed by atoms with E-state index in [1.807, 2.05) is 24.3 Å². The Balaban J connectivity index is 2.14. The first-order chi connectivity index (χ1) is 8.69. The van der Waals surface area contributed by atoms with E-state index >= 15 is 0 Å². The molecule has 1 N–H and O–H groups in total. The van der Waals surface area contributed by atoms with Crippen LogP contribution in [0, 0.1) is 0 Å². The zero-order chi connectivity index (χ0) is 13.0. The van der Waals surface area contributed by atoms with Gasteiger partial charge in [0.2, 0.25) is 5.89 Å². The van der Waals surface area contributed by atoms with Gasteiger partial charge in [-0.1, -0.05) is 18.2 Å². The van der Waals surface area contributed by atoms with E-state index in [-0.39, 0.29) is 6.54 Å². The van der Waals surface area contributed by atoms with Crippen molar-refractivity contribution in [2.45, 2.75) is 6.54 Å². The maximum atomic E-state index is 10.7. The van der Waals surface area contributed by atoms with Crippen LogP contribution in [0.1, 0.15) is 5.89 Å². The third-order valence-electron chi connectivity index (χ3n) is 2.44. The lowest BCUT2D eigenvalue weighted by atomic mass is 10.3. The van der Waals surface area contributed by atoms with Crippen molar-refractivity contribution < 1.29 is 14.3 Å². The lowest BCUT2D eigenvalue weighted by Crippen LogP contribution is -2.29. The number of rotatable bonds is 6. The predicted molar refractivity (Wildman–Crippen MR) is 67.1 cm³/mol. The number of aromatic nitrogens is 1. The molecule has 0 unspecified atom stereocenters. The molecule has 0 saturated heterocycles. The van der Waals surface area contributed by atoms with Gasteiger partial charge in [-0.2, -0.15) is 0 Å². The summed E-state index contributed by atoms with van der Waals surface area (Å²) in [6, 6.07) is 7.45. The minimum Gasteiger partial charge on any atom is -0.480 e. The van der Waals surface area contributed by atoms with Crippen LogP contribution >= 0.6 is 0 Å². The molecule has 1 heterocycles. The molecule has 18 heavy (non-hydrogen) atoms. The molecule has 1 aromatic carbocycles. The minimum atomic E-state index is -0.882. The molecule has 2 aromatic rings. The Hall–Kier alpha value is -2.14. The number of benzene rings is 1. The van der Waals surface area contributed by atoms with E-state index in [0.29, 0.717) is 24.6 Å². The molecule has 0 radical (unpaired) electrons. The highest BCUT2D eigenvalue weighted by molar-refractivity contribution is 5.72. The van der Waals surface area contributed by atoms with Crippen molar-refractivity contribution in [3.05, 3.63) is 42.8 Å². The Labute approximate surface area is 104 Å². The number of aliphatic carboxylic acids is 1. The van der Waals surface area contributed by atoms with Crippen LogP contribution in [0.3, 0.4) is 0 Å². The van der Waals surface area contributed by atoms with Crippen LogP contribution in [0.4, 0.5) is 0 Å². The van der Waals surface area contributed by atoms with Crippen LogP contribution in [-0.2, 0) is 11.3 Å². The average molecular weight is 246 g/mol. The lowest BCUT2D eigenvalue weighted by molar-refractivity contribution is -0.138. The fourth-order valence-corrected chi connectivity index (χ4v) is 1.74. The van der Waals surface area contributed by atoms with Gasteiger partial charge in [0.25, 0.3) is 0 Å². The first-order valence-corrected chi connectivity index (χ1v) is 5.58. The molecule has 94 valence electrons. The van der Waals surface area contributed by atoms with Crippen molar-refractivity contribution in [3.8, 4) is 0 Å². The summed E-state index contributed by atoms with van der Waals surface area (Å²) >= 11 is 0. The summed E-state index contributed by atoms with van der Waals surface area (Å²) in [5.74, 6) is -0.368. The van der Waals surface area contributed by atoms with Gasteiger partial charge in [0.1, 0.15) is 5.52 Å². The van der Waals surface area contributed by atoms with E-state index in [1.165, 1.54) is 0 Å². The molecule has 0 aliphatic rings. The summed E-state index contributed by atoms with van der Waals surface area (Å²) < 4.78 is 5.55. The Bertz CT molecular complexity index is 529. The van der Waals surface area contributed by atoms with E-state index in [2.05, 4.69) is 11.6 Å². The first kappa shape index (κ1) is 12.3. The highest BCUT2D eigenvalue weighted by Gasteiger charge is 2.12. The Morgan fingerprint density at radius 1 is 1.50 bits per heavy atom. The van der Waals surface area contributed by atoms with Crippen LogP contribution < -0.4 is 0 Å². The van der Waals surface area contributed by atoms with Gasteiger partial charge in [0, 0.05) is 6.54 Å². The van der Waals surface area contributed by atoms with Gasteiger partial charge in [-0.3, -0.25) is 9.69 Å². The van der Waals surface area contributed by atoms with E-state index in [4.69, 9.17) is 9.52 Å². The molecule has 0 aliphatic carbocycles. The van der Waals surface area contributed by atoms with Gasteiger partial charge >= 0.3 is 5.97 Å². The molecule has 0 spiro atoms. The Kier molecular flexibility index (Phi) is 3.74. The second-order valence-corrected chi connectivity index (χ2v) is 3.93. The molecule has 0 amide bonds. The SMILES string of the molecule is C=CCN(CC(=O)O)Cc1nc2ccccc2o1. The van der Waals surface area contributed by atoms with Crippen LogP contribution in [0.25, 0.3) is 11.1 Å². The third kappa shape index (κ3) is 2.95. The van der Waals surface area contributed by atoms with E-state index < -0.39 is 5.97 Å². The number of hydrogen-bond donors (Lipinski definition) is 1. The largest absolute Gasteiger partial charge is 0.480 e. The van der Waals surface area contributed by atoms with Crippen LogP contribution in [-0.4, -0.2) is 34.0 Å². The molecule has 5 nitrogen and oxygen atoms in total. The topological polar surface area (TPSA) is 66.6 Å². The summed E-state index contributed by atoms with van der Waals surface area (Å²) in [6.07, 6.45) is 1.66. The average Bonchev–Trinajstić information content (AvgIpc) is 2.70. The molecule has 0 saturated carbocycles. The molecule has 1 aromatic heterocycles. The maximum Gasteiger partial charge on any atom is 0.317 e. The molecular formula is C13H14N2O3. The number of hydrogen-bond acceptors (Lipinski definition) is 4. The number of carbonyl (C=O) groups is 1. The predicted octanol–water partition coefficient (Wildman–Crippen LogP) is 1.90. The number of oxazole rings is 1. The molecule has 0 atom stereocenters. The van der Waals surface area contributed by atoms with Crippen molar-refractivity contribution in [2.24, 2.45) is 0 Å². The van der Waals surface area contributed by atoms with Crippen molar-refractivity contribution in [1.82, 2.24) is 9.88 Å². The zero-order valence-corrected chi connectivity index (χ0v) is 9.87. The number of para-hydroxylation sites is 2. The summed E-state index contributed by atoms with van der Waals surface area (Å²) in [5.41, 5.74) is 1.49. The fourth-order valence-electron chi connectivity index (χ4n) is 1.74. The van der Waals surface area contributed by atoms with Gasteiger partial charge in [0.05, 0.1) is 13.1 Å². The second kappa shape index (κ2) is 5.46. The van der Waals surface area contributed by atoms with Crippen LogP contribution in [0.5, 0.6) is 0 Å². The first-order valence-electron chi connectivity index (χ1n) is 5.58. The smallest absolute Gasteiger partial charge is 0.317 e. The van der Waals surface area contributed by atoms with E-state index in [0.717, 1.165) is 5.52 Å². The van der Waals surface area contributed by atoms with Gasteiger partial charge in [-0.25, -0.2) is 4.98 Å². The number of fused-ring (bicyclic) bond motifs is 1. The summed E-state index contributed by atoms with van der Waals surface area (Å²) in [5, 5.41) is 8.80. The summed E-state index contributed by atoms with van der Waals surface area (Å²) in [6.45, 7) is 4.37. The second-order valence-electron chi connectivity index (χ2n) is 3.93. The quantitative estimate of drug-likeness (QED) is 0.788. The van der Waals surface area contributed by atoms with Crippen molar-refractivity contribution >= 4 is 17.1 Å². The normalized spacial score (nSPS) is 10.9. The molecule has 5 heteroatoms. The molecular weight excluding hydrogens is 232 g/mol. The molecule has 0 fully saturated rings. The van der Waals surface area contributed by atoms with Gasteiger partial charge in [0.15, 0.2) is 5.58 Å². The highest BCUT2D eigenvalue weighted by atomic mass is 16.4. The number of carboxylic acids is 1. The molecule has 0 aliphatic heterocycles. The van der Waals surface area contributed by atoms with Crippen LogP contribution in [0.2, 0.25) is 0 Å². The Morgan fingerprint density at radius 2 is 2.28 bits per heavy atom. The van der Waals surface area contributed by atoms with Crippen molar-refractivity contribution in [3.63, 3.8) is 0 Å². The monoisotopic (exact) mass is 246 g/mol.